The first-order valence-corrected chi connectivity index (χ1v) is 7.35. The van der Waals surface area contributed by atoms with Gasteiger partial charge in [-0.2, -0.15) is 0 Å². The molecule has 1 aliphatic carbocycles. The van der Waals surface area contributed by atoms with Crippen molar-refractivity contribution in [3.8, 4) is 0 Å². The van der Waals surface area contributed by atoms with Gasteiger partial charge in [-0.3, -0.25) is 4.21 Å². The van der Waals surface area contributed by atoms with Gasteiger partial charge in [0.25, 0.3) is 0 Å². The van der Waals surface area contributed by atoms with Crippen molar-refractivity contribution in [1.29, 1.82) is 0 Å². The summed E-state index contributed by atoms with van der Waals surface area (Å²) in [6.45, 7) is 3.20. The van der Waals surface area contributed by atoms with E-state index < -0.39 is 10.8 Å². The van der Waals surface area contributed by atoms with Crippen LogP contribution in [0, 0.1) is 0 Å². The quantitative estimate of drug-likeness (QED) is 0.724. The summed E-state index contributed by atoms with van der Waals surface area (Å²) >= 11 is 0. The topological polar surface area (TPSA) is 52.3 Å². The van der Waals surface area contributed by atoms with E-state index in [1.807, 2.05) is 6.92 Å². The van der Waals surface area contributed by atoms with Gasteiger partial charge in [0.05, 0.1) is 6.10 Å². The predicted molar refractivity (Wildman–Crippen MR) is 64.4 cm³/mol. The van der Waals surface area contributed by atoms with E-state index in [-0.39, 0.29) is 6.10 Å². The first-order valence-electron chi connectivity index (χ1n) is 5.96. The van der Waals surface area contributed by atoms with Gasteiger partial charge in [0.1, 0.15) is 0 Å². The number of hydrogen-bond acceptors (Lipinski definition) is 3. The molecule has 0 radical (unpaired) electrons. The molecule has 2 atom stereocenters. The molecule has 0 aliphatic heterocycles. The van der Waals surface area contributed by atoms with Gasteiger partial charge in [-0.05, 0) is 26.2 Å². The summed E-state index contributed by atoms with van der Waals surface area (Å²) in [6.07, 6.45) is 5.74. The van der Waals surface area contributed by atoms with Gasteiger partial charge in [-0.15, -0.1) is 0 Å². The highest BCUT2D eigenvalue weighted by Crippen LogP contribution is 2.23. The van der Waals surface area contributed by atoms with E-state index in [1.165, 1.54) is 12.8 Å². The lowest BCUT2D eigenvalue weighted by atomic mass is 10.3. The Morgan fingerprint density at radius 3 is 2.67 bits per heavy atom. The third-order valence-electron chi connectivity index (χ3n) is 2.98. The van der Waals surface area contributed by atoms with E-state index in [4.69, 9.17) is 10.5 Å². The summed E-state index contributed by atoms with van der Waals surface area (Å²) < 4.78 is 17.3. The van der Waals surface area contributed by atoms with Crippen LogP contribution < -0.4 is 5.73 Å². The first kappa shape index (κ1) is 13.1. The summed E-state index contributed by atoms with van der Waals surface area (Å²) in [6, 6.07) is 0. The average molecular weight is 233 g/mol. The second-order valence-corrected chi connectivity index (χ2v) is 5.93. The van der Waals surface area contributed by atoms with E-state index >= 15 is 0 Å². The molecule has 1 aliphatic rings. The van der Waals surface area contributed by atoms with E-state index in [1.54, 1.807) is 0 Å². The molecule has 0 heterocycles. The predicted octanol–water partition coefficient (Wildman–Crippen LogP) is 1.43. The number of ether oxygens (including phenoxy) is 1. The first-order chi connectivity index (χ1) is 7.27. The zero-order valence-electron chi connectivity index (χ0n) is 9.61. The summed E-state index contributed by atoms with van der Waals surface area (Å²) in [5.41, 5.74) is 5.57. The zero-order chi connectivity index (χ0) is 11.1. The molecule has 0 aromatic rings. The van der Waals surface area contributed by atoms with E-state index in [2.05, 4.69) is 0 Å². The van der Waals surface area contributed by atoms with Crippen LogP contribution in [0.15, 0.2) is 0 Å². The summed E-state index contributed by atoms with van der Waals surface area (Å²) in [4.78, 5) is 0. The number of nitrogens with two attached hydrogens (primary N) is 1. The second-order valence-electron chi connectivity index (χ2n) is 4.09. The lowest BCUT2D eigenvalue weighted by molar-refractivity contribution is 0.0672. The van der Waals surface area contributed by atoms with Gasteiger partial charge in [0, 0.05) is 35.0 Å². The Kier molecular flexibility index (Phi) is 6.45. The Bertz CT molecular complexity index is 193. The van der Waals surface area contributed by atoms with Crippen LogP contribution in [0.3, 0.4) is 0 Å². The molecule has 1 fully saturated rings. The molecule has 0 aromatic heterocycles. The van der Waals surface area contributed by atoms with Crippen LogP contribution in [-0.4, -0.2) is 34.5 Å². The minimum Gasteiger partial charge on any atom is -0.377 e. The molecule has 0 aromatic carbocycles. The maximum atomic E-state index is 11.9. The van der Waals surface area contributed by atoms with Crippen LogP contribution in [0.2, 0.25) is 0 Å². The zero-order valence-corrected chi connectivity index (χ0v) is 10.4. The van der Waals surface area contributed by atoms with Gasteiger partial charge in [-0.25, -0.2) is 0 Å². The maximum Gasteiger partial charge on any atom is 0.0705 e. The third-order valence-corrected chi connectivity index (χ3v) is 4.83. The number of hydrogen-bond donors (Lipinski definition) is 1. The average Bonchev–Trinajstić information content (AvgIpc) is 2.77. The summed E-state index contributed by atoms with van der Waals surface area (Å²) in [5.74, 6) is 0.756. The van der Waals surface area contributed by atoms with Crippen LogP contribution in [0.25, 0.3) is 0 Å². The van der Waals surface area contributed by atoms with Gasteiger partial charge in [-0.1, -0.05) is 12.8 Å². The molecule has 2 N–H and O–H groups in total. The van der Waals surface area contributed by atoms with Crippen molar-refractivity contribution in [3.63, 3.8) is 0 Å². The van der Waals surface area contributed by atoms with E-state index in [0.717, 1.165) is 25.0 Å². The van der Waals surface area contributed by atoms with Crippen molar-refractivity contribution in [2.75, 3.05) is 18.9 Å². The maximum absolute atomic E-state index is 11.9. The molecule has 0 saturated heterocycles. The molecular formula is C11H23NO2S. The Labute approximate surface area is 95.2 Å². The Balaban J connectivity index is 2.19. The molecule has 90 valence electrons. The smallest absolute Gasteiger partial charge is 0.0705 e. The Morgan fingerprint density at radius 2 is 2.13 bits per heavy atom. The minimum absolute atomic E-state index is 0.0975. The molecular weight excluding hydrogens is 210 g/mol. The highest BCUT2D eigenvalue weighted by atomic mass is 32.2. The lowest BCUT2D eigenvalue weighted by Gasteiger charge is -2.15. The van der Waals surface area contributed by atoms with E-state index in [9.17, 15) is 4.21 Å². The number of rotatable bonds is 7. The molecule has 15 heavy (non-hydrogen) atoms. The molecule has 3 nitrogen and oxygen atoms in total. The fraction of sp³-hybridized carbons (Fsp3) is 1.00. The lowest BCUT2D eigenvalue weighted by Crippen LogP contribution is -2.27. The molecule has 1 saturated carbocycles. The minimum atomic E-state index is -0.657. The van der Waals surface area contributed by atoms with Crippen molar-refractivity contribution < 1.29 is 8.95 Å². The van der Waals surface area contributed by atoms with Gasteiger partial charge in [0.2, 0.25) is 0 Å². The van der Waals surface area contributed by atoms with Gasteiger partial charge < -0.3 is 10.5 Å². The van der Waals surface area contributed by atoms with Crippen molar-refractivity contribution in [2.24, 2.45) is 5.73 Å². The molecule has 0 spiro atoms. The molecule has 2 unspecified atom stereocenters. The standard InChI is InChI=1S/C11H23NO2S/c1-2-14-10(9-12)7-8-15(13)11-5-3-4-6-11/h10-11H,2-9,12H2,1H3. The molecule has 1 rings (SSSR count). The van der Waals surface area contributed by atoms with Gasteiger partial charge in [0.15, 0.2) is 0 Å². The van der Waals surface area contributed by atoms with Crippen molar-refractivity contribution in [1.82, 2.24) is 0 Å². The molecule has 0 bridgehead atoms. The van der Waals surface area contributed by atoms with Crippen molar-refractivity contribution in [2.45, 2.75) is 50.4 Å². The van der Waals surface area contributed by atoms with Crippen LogP contribution in [0.5, 0.6) is 0 Å². The monoisotopic (exact) mass is 233 g/mol. The van der Waals surface area contributed by atoms with Crippen molar-refractivity contribution in [3.05, 3.63) is 0 Å². The Morgan fingerprint density at radius 1 is 1.47 bits per heavy atom. The fourth-order valence-corrected chi connectivity index (χ4v) is 3.76. The molecule has 0 amide bonds. The third kappa shape index (κ3) is 4.62. The largest absolute Gasteiger partial charge is 0.377 e. The SMILES string of the molecule is CCOC(CN)CCS(=O)C1CCCC1. The van der Waals surface area contributed by atoms with Crippen LogP contribution in [0.1, 0.15) is 39.0 Å². The van der Waals surface area contributed by atoms with Crippen molar-refractivity contribution >= 4 is 10.8 Å². The second kappa shape index (κ2) is 7.36. The highest BCUT2D eigenvalue weighted by molar-refractivity contribution is 7.85. The highest BCUT2D eigenvalue weighted by Gasteiger charge is 2.21. The normalized spacial score (nSPS) is 21.7. The summed E-state index contributed by atoms with van der Waals surface area (Å²) in [5, 5.41) is 0.449. The summed E-state index contributed by atoms with van der Waals surface area (Å²) in [7, 11) is -0.657. The van der Waals surface area contributed by atoms with Gasteiger partial charge >= 0.3 is 0 Å². The van der Waals surface area contributed by atoms with E-state index in [0.29, 0.717) is 18.4 Å². The van der Waals surface area contributed by atoms with Crippen LogP contribution in [0.4, 0.5) is 0 Å². The van der Waals surface area contributed by atoms with Crippen LogP contribution >= 0.6 is 0 Å². The Hall–Kier alpha value is 0.0700. The van der Waals surface area contributed by atoms with Crippen LogP contribution in [-0.2, 0) is 15.5 Å². The molecule has 4 heteroatoms. The fourth-order valence-electron chi connectivity index (χ4n) is 2.07.